The van der Waals surface area contributed by atoms with Crippen LogP contribution in [-0.4, -0.2) is 55.4 Å². The van der Waals surface area contributed by atoms with Gasteiger partial charge in [0, 0.05) is 26.3 Å². The molecule has 45 heavy (non-hydrogen) atoms. The molecule has 0 amide bonds. The van der Waals surface area contributed by atoms with E-state index in [4.69, 9.17) is 14.2 Å². The quantitative estimate of drug-likeness (QED) is 0.163. The van der Waals surface area contributed by atoms with Crippen molar-refractivity contribution in [3.63, 3.8) is 0 Å². The number of hydrogen-bond acceptors (Lipinski definition) is 8. The lowest BCUT2D eigenvalue weighted by atomic mass is 9.62. The average molecular weight is 618 g/mol. The Kier molecular flexibility index (Phi) is 10.5. The third-order valence-electron chi connectivity index (χ3n) is 9.80. The van der Waals surface area contributed by atoms with Gasteiger partial charge in [-0.1, -0.05) is 25.1 Å². The van der Waals surface area contributed by atoms with Gasteiger partial charge >= 0.3 is 5.97 Å². The van der Waals surface area contributed by atoms with Gasteiger partial charge in [-0.15, -0.1) is 0 Å². The van der Waals surface area contributed by atoms with E-state index < -0.39 is 12.1 Å². The molecule has 5 rings (SSSR count). The van der Waals surface area contributed by atoms with E-state index >= 15 is 0 Å². The van der Waals surface area contributed by atoms with Gasteiger partial charge in [-0.2, -0.15) is 0 Å². The number of carbonyl (C=O) groups is 2. The Morgan fingerprint density at radius 1 is 1.04 bits per heavy atom. The predicted molar refractivity (Wildman–Crippen MR) is 174 cm³/mol. The molecule has 0 aliphatic heterocycles. The Hall–Kier alpha value is -3.78. The minimum atomic E-state index is -0.565. The van der Waals surface area contributed by atoms with Gasteiger partial charge in [0.15, 0.2) is 23.0 Å². The summed E-state index contributed by atoms with van der Waals surface area (Å²) in [6, 6.07) is 8.92. The molecule has 1 saturated carbocycles. The van der Waals surface area contributed by atoms with Gasteiger partial charge in [-0.25, -0.2) is 0 Å². The second-order valence-corrected chi connectivity index (χ2v) is 12.8. The van der Waals surface area contributed by atoms with Gasteiger partial charge in [0.2, 0.25) is 0 Å². The zero-order chi connectivity index (χ0) is 32.1. The van der Waals surface area contributed by atoms with E-state index in [1.165, 1.54) is 25.2 Å². The van der Waals surface area contributed by atoms with Crippen LogP contribution in [-0.2, 0) is 20.7 Å². The summed E-state index contributed by atoms with van der Waals surface area (Å²) in [5.74, 6) is 1.68. The fourth-order valence-corrected chi connectivity index (χ4v) is 7.70. The maximum absolute atomic E-state index is 14.0. The number of methoxy groups -OCH3 is 2. The number of aromatic hydroxyl groups is 2. The van der Waals surface area contributed by atoms with Crippen LogP contribution in [0, 0.1) is 17.8 Å². The number of ether oxygens (including phenoxy) is 3. The van der Waals surface area contributed by atoms with Crippen LogP contribution in [0.4, 0.5) is 0 Å². The molecule has 0 unspecified atom stereocenters. The molecule has 5 atom stereocenters. The molecule has 8 heteroatoms. The number of hydrogen-bond donors (Lipinski definition) is 3. The number of nitrogens with one attached hydrogen (secondary N) is 1. The summed E-state index contributed by atoms with van der Waals surface area (Å²) in [6.07, 6.45) is 9.78. The monoisotopic (exact) mass is 617 g/mol. The SMILES string of the molecule is CCCNCC1=C2C=C[C@@H]3CC[C@H]([C@@H]2C3)[C@H](CC(=O)C[C@@H](CCc2ccc(O)c(OC)c2)OC(C)=O)c2cc(OC)c(O)cc21. The van der Waals surface area contributed by atoms with Crippen LogP contribution in [0.5, 0.6) is 23.0 Å². The highest BCUT2D eigenvalue weighted by Crippen LogP contribution is 2.55. The first-order chi connectivity index (χ1) is 21.7. The van der Waals surface area contributed by atoms with Crippen molar-refractivity contribution < 1.29 is 34.0 Å². The highest BCUT2D eigenvalue weighted by Gasteiger charge is 2.43. The van der Waals surface area contributed by atoms with Crippen molar-refractivity contribution >= 4 is 17.3 Å². The second kappa shape index (κ2) is 14.5. The van der Waals surface area contributed by atoms with Gasteiger partial charge in [0.05, 0.1) is 14.2 Å². The molecule has 2 aromatic carbocycles. The minimum Gasteiger partial charge on any atom is -0.504 e. The fourth-order valence-electron chi connectivity index (χ4n) is 7.70. The Bertz CT molecular complexity index is 1460. The lowest BCUT2D eigenvalue weighted by molar-refractivity contribution is -0.147. The number of carbonyl (C=O) groups excluding carboxylic acids is 2. The van der Waals surface area contributed by atoms with E-state index in [-0.39, 0.29) is 35.5 Å². The number of benzene rings is 2. The summed E-state index contributed by atoms with van der Waals surface area (Å²) in [4.78, 5) is 26.0. The molecule has 0 saturated heterocycles. The summed E-state index contributed by atoms with van der Waals surface area (Å²) in [5, 5.41) is 24.5. The number of fused-ring (bicyclic) bond motifs is 2. The maximum atomic E-state index is 14.0. The van der Waals surface area contributed by atoms with Crippen LogP contribution >= 0.6 is 0 Å². The molecule has 1 fully saturated rings. The van der Waals surface area contributed by atoms with Crippen molar-refractivity contribution in [1.29, 1.82) is 0 Å². The predicted octanol–water partition coefficient (Wildman–Crippen LogP) is 6.48. The van der Waals surface area contributed by atoms with Crippen LogP contribution in [0.1, 0.15) is 81.4 Å². The standard InChI is InChI=1S/C37H47NO7/c1-5-14-38-21-33-28-12-8-23-7-11-27(29(28)15-23)30(32-20-37(44-4)35(42)19-31(32)33)18-25(40)17-26(45-22(2)39)10-6-24-9-13-34(41)36(16-24)43-3/h8-9,12-13,16,19-20,23,26-27,29-30,38,41-42H,5-7,10-11,14-15,17-18,21H2,1-4H3/t23-,26+,27+,29-,30-/m0/s1. The van der Waals surface area contributed by atoms with Crippen LogP contribution in [0.3, 0.4) is 0 Å². The summed E-state index contributed by atoms with van der Waals surface area (Å²) >= 11 is 0. The molecule has 0 aromatic heterocycles. The first-order valence-corrected chi connectivity index (χ1v) is 16.3. The number of esters is 1. The summed E-state index contributed by atoms with van der Waals surface area (Å²) < 4.78 is 16.5. The third-order valence-corrected chi connectivity index (χ3v) is 9.80. The molecule has 2 aromatic rings. The average Bonchev–Trinajstić information content (AvgIpc) is 3.13. The molecule has 8 nitrogen and oxygen atoms in total. The van der Waals surface area contributed by atoms with Crippen molar-refractivity contribution in [3.8, 4) is 23.0 Å². The van der Waals surface area contributed by atoms with Crippen LogP contribution in [0.25, 0.3) is 5.57 Å². The number of phenols is 2. The first kappa shape index (κ1) is 32.6. The molecule has 3 aliphatic carbocycles. The Morgan fingerprint density at radius 2 is 1.82 bits per heavy atom. The van der Waals surface area contributed by atoms with Gasteiger partial charge < -0.3 is 29.7 Å². The molecule has 3 aliphatic rings. The Labute approximate surface area is 266 Å². The lowest BCUT2D eigenvalue weighted by Gasteiger charge is -2.42. The fraction of sp³-hybridized carbons (Fsp3) is 0.514. The van der Waals surface area contributed by atoms with Crippen molar-refractivity contribution in [1.82, 2.24) is 5.32 Å². The zero-order valence-corrected chi connectivity index (χ0v) is 26.9. The lowest BCUT2D eigenvalue weighted by Crippen LogP contribution is -2.33. The molecular formula is C37H47NO7. The third kappa shape index (κ3) is 7.38. The molecule has 3 N–H and O–H groups in total. The topological polar surface area (TPSA) is 114 Å². The number of ketones is 1. The highest BCUT2D eigenvalue weighted by molar-refractivity contribution is 5.83. The molecule has 2 bridgehead atoms. The van der Waals surface area contributed by atoms with E-state index in [1.807, 2.05) is 18.2 Å². The second-order valence-electron chi connectivity index (χ2n) is 12.8. The molecule has 0 radical (unpaired) electrons. The van der Waals surface area contributed by atoms with Crippen molar-refractivity contribution in [3.05, 3.63) is 64.7 Å². The molecule has 0 spiro atoms. The maximum Gasteiger partial charge on any atom is 0.302 e. The number of phenolic OH excluding ortho intramolecular Hbond substituents is 2. The number of rotatable bonds is 14. The normalized spacial score (nSPS) is 22.3. The molecule has 242 valence electrons. The van der Waals surface area contributed by atoms with Gasteiger partial charge in [0.25, 0.3) is 0 Å². The minimum absolute atomic E-state index is 0.0510. The first-order valence-electron chi connectivity index (χ1n) is 16.3. The largest absolute Gasteiger partial charge is 0.504 e. The van der Waals surface area contributed by atoms with E-state index in [0.29, 0.717) is 49.1 Å². The van der Waals surface area contributed by atoms with Crippen LogP contribution < -0.4 is 14.8 Å². The van der Waals surface area contributed by atoms with Gasteiger partial charge in [-0.05, 0) is 121 Å². The van der Waals surface area contributed by atoms with Gasteiger partial charge in [0.1, 0.15) is 11.9 Å². The highest BCUT2D eigenvalue weighted by atomic mass is 16.5. The Morgan fingerprint density at radius 3 is 2.56 bits per heavy atom. The van der Waals surface area contributed by atoms with E-state index in [2.05, 4.69) is 24.4 Å². The smallest absolute Gasteiger partial charge is 0.302 e. The van der Waals surface area contributed by atoms with Crippen molar-refractivity contribution in [2.45, 2.75) is 77.2 Å². The number of Topliss-reactive ketones (excluding diaryl/α,β-unsaturated/α-hetero) is 1. The van der Waals surface area contributed by atoms with Gasteiger partial charge in [-0.3, -0.25) is 9.59 Å². The van der Waals surface area contributed by atoms with Crippen molar-refractivity contribution in [2.75, 3.05) is 27.3 Å². The zero-order valence-electron chi connectivity index (χ0n) is 26.9. The Balaban J connectivity index is 1.44. The van der Waals surface area contributed by atoms with Crippen LogP contribution in [0.2, 0.25) is 0 Å². The number of allylic oxidation sites excluding steroid dienone is 3. The van der Waals surface area contributed by atoms with E-state index in [1.54, 1.807) is 19.2 Å². The summed E-state index contributed by atoms with van der Waals surface area (Å²) in [6.45, 7) is 5.11. The van der Waals surface area contributed by atoms with Crippen molar-refractivity contribution in [2.24, 2.45) is 17.8 Å². The van der Waals surface area contributed by atoms with E-state index in [0.717, 1.165) is 48.9 Å². The van der Waals surface area contributed by atoms with Crippen LogP contribution in [0.15, 0.2) is 48.1 Å². The summed E-state index contributed by atoms with van der Waals surface area (Å²) in [5.41, 5.74) is 5.47. The molecular weight excluding hydrogens is 570 g/mol. The molecule has 0 heterocycles. The summed E-state index contributed by atoms with van der Waals surface area (Å²) in [7, 11) is 3.06. The van der Waals surface area contributed by atoms with E-state index in [9.17, 15) is 19.8 Å². The number of aryl methyl sites for hydroxylation is 1.